The highest BCUT2D eigenvalue weighted by Crippen LogP contribution is 2.26. The van der Waals surface area contributed by atoms with Gasteiger partial charge in [-0.25, -0.2) is 4.79 Å². The molecule has 1 saturated heterocycles. The molecule has 5 nitrogen and oxygen atoms in total. The Morgan fingerprint density at radius 2 is 1.95 bits per heavy atom. The average molecular weight is 297 g/mol. The molecule has 0 spiro atoms. The van der Waals surface area contributed by atoms with Crippen LogP contribution in [0.5, 0.6) is 0 Å². The van der Waals surface area contributed by atoms with Crippen LogP contribution in [0.2, 0.25) is 5.02 Å². The molecule has 0 radical (unpaired) electrons. The molecule has 0 bridgehead atoms. The van der Waals surface area contributed by atoms with E-state index in [0.29, 0.717) is 36.9 Å². The molecule has 2 rings (SSSR count). The van der Waals surface area contributed by atoms with E-state index in [2.05, 4.69) is 0 Å². The van der Waals surface area contributed by atoms with Crippen LogP contribution in [0.25, 0.3) is 0 Å². The molecule has 0 atom stereocenters. The lowest BCUT2D eigenvalue weighted by Crippen LogP contribution is -2.34. The summed E-state index contributed by atoms with van der Waals surface area (Å²) >= 11 is 5.98. The zero-order valence-electron chi connectivity index (χ0n) is 11.3. The van der Waals surface area contributed by atoms with Crippen LogP contribution in [-0.2, 0) is 4.79 Å². The number of carbonyl (C=O) groups is 2. The summed E-state index contributed by atoms with van der Waals surface area (Å²) in [6, 6.07) is 4.77. The minimum atomic E-state index is -0.968. The SMILES string of the molecule is CC(=O)N1CCCN(c2cc(Cl)ccc2C(=O)O)CC1. The zero-order chi connectivity index (χ0) is 14.7. The second kappa shape index (κ2) is 6.13. The number of carboxylic acid groups (broad SMARTS) is 1. The van der Waals surface area contributed by atoms with Crippen molar-refractivity contribution >= 4 is 29.2 Å². The van der Waals surface area contributed by atoms with Crippen molar-refractivity contribution in [3.63, 3.8) is 0 Å². The summed E-state index contributed by atoms with van der Waals surface area (Å²) in [5.74, 6) is -0.916. The fourth-order valence-corrected chi connectivity index (χ4v) is 2.59. The lowest BCUT2D eigenvalue weighted by Gasteiger charge is -2.25. The van der Waals surface area contributed by atoms with E-state index in [0.717, 1.165) is 6.42 Å². The maximum Gasteiger partial charge on any atom is 0.337 e. The van der Waals surface area contributed by atoms with Crippen LogP contribution < -0.4 is 4.90 Å². The highest BCUT2D eigenvalue weighted by molar-refractivity contribution is 6.31. The van der Waals surface area contributed by atoms with Crippen LogP contribution in [0, 0.1) is 0 Å². The summed E-state index contributed by atoms with van der Waals surface area (Å²) < 4.78 is 0. The summed E-state index contributed by atoms with van der Waals surface area (Å²) in [7, 11) is 0. The highest BCUT2D eigenvalue weighted by atomic mass is 35.5. The van der Waals surface area contributed by atoms with Gasteiger partial charge in [-0.3, -0.25) is 4.79 Å². The minimum Gasteiger partial charge on any atom is -0.478 e. The molecule has 1 aliphatic rings. The van der Waals surface area contributed by atoms with Gasteiger partial charge in [0.15, 0.2) is 0 Å². The van der Waals surface area contributed by atoms with E-state index < -0.39 is 5.97 Å². The molecule has 1 aromatic carbocycles. The van der Waals surface area contributed by atoms with Crippen molar-refractivity contribution in [2.45, 2.75) is 13.3 Å². The van der Waals surface area contributed by atoms with Crippen molar-refractivity contribution in [3.05, 3.63) is 28.8 Å². The Morgan fingerprint density at radius 3 is 2.60 bits per heavy atom. The van der Waals surface area contributed by atoms with Gasteiger partial charge < -0.3 is 14.9 Å². The predicted octanol–water partition coefficient (Wildman–Crippen LogP) is 2.10. The van der Waals surface area contributed by atoms with Crippen molar-refractivity contribution in [1.82, 2.24) is 4.90 Å². The third kappa shape index (κ3) is 3.22. The first-order valence-corrected chi connectivity index (χ1v) is 6.90. The highest BCUT2D eigenvalue weighted by Gasteiger charge is 2.21. The van der Waals surface area contributed by atoms with Crippen LogP contribution in [-0.4, -0.2) is 48.1 Å². The van der Waals surface area contributed by atoms with Crippen molar-refractivity contribution in [1.29, 1.82) is 0 Å². The molecule has 0 saturated carbocycles. The first kappa shape index (κ1) is 14.7. The topological polar surface area (TPSA) is 60.9 Å². The van der Waals surface area contributed by atoms with Gasteiger partial charge in [0.25, 0.3) is 0 Å². The monoisotopic (exact) mass is 296 g/mol. The van der Waals surface area contributed by atoms with Gasteiger partial charge in [0.2, 0.25) is 5.91 Å². The number of aromatic carboxylic acids is 1. The standard InChI is InChI=1S/C14H17ClN2O3/c1-10(18)16-5-2-6-17(8-7-16)13-9-11(15)3-4-12(13)14(19)20/h3-4,9H,2,5-8H2,1H3,(H,19,20). The van der Waals surface area contributed by atoms with Crippen LogP contribution in [0.1, 0.15) is 23.7 Å². The number of rotatable bonds is 2. The summed E-state index contributed by atoms with van der Waals surface area (Å²) in [6.45, 7) is 4.18. The molecular formula is C14H17ClN2O3. The van der Waals surface area contributed by atoms with E-state index in [9.17, 15) is 14.7 Å². The van der Waals surface area contributed by atoms with E-state index in [1.807, 2.05) is 4.90 Å². The second-order valence-corrected chi connectivity index (χ2v) is 5.25. The molecule has 1 fully saturated rings. The van der Waals surface area contributed by atoms with Gasteiger partial charge in [-0.15, -0.1) is 0 Å². The van der Waals surface area contributed by atoms with Gasteiger partial charge in [0, 0.05) is 38.1 Å². The Bertz CT molecular complexity index is 533. The molecule has 1 aromatic rings. The average Bonchev–Trinajstić information content (AvgIpc) is 2.63. The fourth-order valence-electron chi connectivity index (χ4n) is 2.42. The molecule has 108 valence electrons. The Balaban J connectivity index is 2.25. The summed E-state index contributed by atoms with van der Waals surface area (Å²) in [5, 5.41) is 9.78. The van der Waals surface area contributed by atoms with E-state index >= 15 is 0 Å². The lowest BCUT2D eigenvalue weighted by atomic mass is 10.1. The van der Waals surface area contributed by atoms with E-state index in [-0.39, 0.29) is 11.5 Å². The lowest BCUT2D eigenvalue weighted by molar-refractivity contribution is -0.128. The van der Waals surface area contributed by atoms with Crippen LogP contribution >= 0.6 is 11.6 Å². The number of hydrogen-bond donors (Lipinski definition) is 1. The van der Waals surface area contributed by atoms with Gasteiger partial charge >= 0.3 is 5.97 Å². The van der Waals surface area contributed by atoms with Gasteiger partial charge in [-0.1, -0.05) is 11.6 Å². The predicted molar refractivity (Wildman–Crippen MR) is 77.5 cm³/mol. The number of halogens is 1. The Kier molecular flexibility index (Phi) is 4.49. The quantitative estimate of drug-likeness (QED) is 0.908. The third-order valence-corrected chi connectivity index (χ3v) is 3.71. The van der Waals surface area contributed by atoms with Crippen molar-refractivity contribution in [2.24, 2.45) is 0 Å². The fraction of sp³-hybridized carbons (Fsp3) is 0.429. The Hall–Kier alpha value is -1.75. The summed E-state index contributed by atoms with van der Waals surface area (Å²) in [6.07, 6.45) is 0.811. The van der Waals surface area contributed by atoms with E-state index in [4.69, 9.17) is 11.6 Å². The number of hydrogen-bond acceptors (Lipinski definition) is 3. The number of amides is 1. The normalized spacial score (nSPS) is 15.9. The molecule has 6 heteroatoms. The van der Waals surface area contributed by atoms with Crippen molar-refractivity contribution in [2.75, 3.05) is 31.1 Å². The first-order valence-electron chi connectivity index (χ1n) is 6.52. The molecule has 1 heterocycles. The first-order chi connectivity index (χ1) is 9.49. The molecule has 1 amide bonds. The van der Waals surface area contributed by atoms with Gasteiger partial charge in [-0.05, 0) is 24.6 Å². The molecular weight excluding hydrogens is 280 g/mol. The molecule has 0 aliphatic carbocycles. The van der Waals surface area contributed by atoms with Crippen molar-refractivity contribution in [3.8, 4) is 0 Å². The van der Waals surface area contributed by atoms with E-state index in [1.165, 1.54) is 6.07 Å². The molecule has 0 aromatic heterocycles. The van der Waals surface area contributed by atoms with Gasteiger partial charge in [0.1, 0.15) is 0 Å². The van der Waals surface area contributed by atoms with Crippen LogP contribution in [0.15, 0.2) is 18.2 Å². The molecule has 1 N–H and O–H groups in total. The third-order valence-electron chi connectivity index (χ3n) is 3.47. The minimum absolute atomic E-state index is 0.0522. The van der Waals surface area contributed by atoms with Crippen molar-refractivity contribution < 1.29 is 14.7 Å². The largest absolute Gasteiger partial charge is 0.478 e. The van der Waals surface area contributed by atoms with Gasteiger partial charge in [0.05, 0.1) is 11.3 Å². The molecule has 0 unspecified atom stereocenters. The Labute approximate surface area is 122 Å². The van der Waals surface area contributed by atoms with Crippen LogP contribution in [0.3, 0.4) is 0 Å². The zero-order valence-corrected chi connectivity index (χ0v) is 12.1. The van der Waals surface area contributed by atoms with E-state index in [1.54, 1.807) is 24.0 Å². The maximum atomic E-state index is 11.4. The number of carboxylic acids is 1. The smallest absolute Gasteiger partial charge is 0.337 e. The molecule has 1 aliphatic heterocycles. The maximum absolute atomic E-state index is 11.4. The number of benzene rings is 1. The number of anilines is 1. The molecule has 20 heavy (non-hydrogen) atoms. The number of nitrogens with zero attached hydrogens (tertiary/aromatic N) is 2. The summed E-state index contributed by atoms with van der Waals surface area (Å²) in [4.78, 5) is 26.5. The summed E-state index contributed by atoms with van der Waals surface area (Å²) in [5.41, 5.74) is 0.862. The van der Waals surface area contributed by atoms with Crippen LogP contribution in [0.4, 0.5) is 5.69 Å². The Morgan fingerprint density at radius 1 is 1.20 bits per heavy atom. The second-order valence-electron chi connectivity index (χ2n) is 4.81. The number of carbonyl (C=O) groups excluding carboxylic acids is 1. The van der Waals surface area contributed by atoms with Gasteiger partial charge in [-0.2, -0.15) is 0 Å².